The van der Waals surface area contributed by atoms with Gasteiger partial charge in [0.15, 0.2) is 0 Å². The van der Waals surface area contributed by atoms with E-state index < -0.39 is 11.7 Å². The van der Waals surface area contributed by atoms with Crippen LogP contribution < -0.4 is 9.47 Å². The average molecular weight is 401 g/mol. The third-order valence-corrected chi connectivity index (χ3v) is 3.87. The number of rotatable bonds is 6. The lowest BCUT2D eigenvalue weighted by molar-refractivity contribution is -0.137. The number of hydrogen-bond acceptors (Lipinski definition) is 4. The van der Waals surface area contributed by atoms with Gasteiger partial charge in [-0.2, -0.15) is 18.3 Å². The summed E-state index contributed by atoms with van der Waals surface area (Å²) in [7, 11) is 3.66. The van der Waals surface area contributed by atoms with E-state index in [1.165, 1.54) is 6.07 Å². The van der Waals surface area contributed by atoms with Crippen molar-refractivity contribution in [2.45, 2.75) is 26.1 Å². The Hall–Kier alpha value is -2.41. The Morgan fingerprint density at radius 2 is 1.67 bits per heavy atom. The van der Waals surface area contributed by atoms with E-state index in [0.29, 0.717) is 11.5 Å². The van der Waals surface area contributed by atoms with Gasteiger partial charge >= 0.3 is 6.18 Å². The molecule has 0 bridgehead atoms. The van der Waals surface area contributed by atoms with Gasteiger partial charge in [-0.1, -0.05) is 11.6 Å². The van der Waals surface area contributed by atoms with E-state index in [-0.39, 0.29) is 16.9 Å². The van der Waals surface area contributed by atoms with Gasteiger partial charge < -0.3 is 14.5 Å². The highest BCUT2D eigenvalue weighted by Gasteiger charge is 2.31. The molecular weight excluding hydrogens is 381 g/mol. The Morgan fingerprint density at radius 1 is 1.07 bits per heavy atom. The molecule has 0 amide bonds. The molecular formula is C19H20ClF3N2O2. The van der Waals surface area contributed by atoms with Crippen LogP contribution in [0.5, 0.6) is 17.2 Å². The molecule has 27 heavy (non-hydrogen) atoms. The fourth-order valence-electron chi connectivity index (χ4n) is 2.16. The van der Waals surface area contributed by atoms with Crippen molar-refractivity contribution in [3.05, 3.63) is 53.1 Å². The first-order chi connectivity index (χ1) is 12.6. The predicted octanol–water partition coefficient (Wildman–Crippen LogP) is 5.86. The van der Waals surface area contributed by atoms with Gasteiger partial charge in [-0.3, -0.25) is 0 Å². The average Bonchev–Trinajstić information content (AvgIpc) is 2.56. The number of hydrazone groups is 1. The minimum Gasteiger partial charge on any atom is -0.485 e. The van der Waals surface area contributed by atoms with Crippen molar-refractivity contribution in [1.29, 1.82) is 0 Å². The largest absolute Gasteiger partial charge is 0.485 e. The molecule has 0 radical (unpaired) electrons. The van der Waals surface area contributed by atoms with Crippen LogP contribution in [0, 0.1) is 0 Å². The number of hydrogen-bond donors (Lipinski definition) is 0. The number of halogens is 4. The minimum absolute atomic E-state index is 0.116. The molecule has 4 nitrogen and oxygen atoms in total. The van der Waals surface area contributed by atoms with Gasteiger partial charge in [0.25, 0.3) is 0 Å². The molecule has 0 aliphatic rings. The van der Waals surface area contributed by atoms with Gasteiger partial charge in [-0.05, 0) is 56.3 Å². The molecule has 0 fully saturated rings. The van der Waals surface area contributed by atoms with Crippen molar-refractivity contribution in [2.75, 3.05) is 14.1 Å². The monoisotopic (exact) mass is 400 g/mol. The van der Waals surface area contributed by atoms with Crippen molar-refractivity contribution < 1.29 is 22.6 Å². The predicted molar refractivity (Wildman–Crippen MR) is 99.9 cm³/mol. The van der Waals surface area contributed by atoms with Crippen molar-refractivity contribution in [3.8, 4) is 17.2 Å². The van der Waals surface area contributed by atoms with Crippen molar-refractivity contribution in [2.24, 2.45) is 5.10 Å². The SMILES string of the molecule is C/C(=N\N(C)C)C(C)Oc1ccc(Oc2ccc(C(F)(F)F)cc2Cl)cc1. The van der Waals surface area contributed by atoms with Crippen LogP contribution in [0.4, 0.5) is 13.2 Å². The third kappa shape index (κ3) is 6.06. The van der Waals surface area contributed by atoms with E-state index in [1.54, 1.807) is 29.3 Å². The molecule has 0 aromatic heterocycles. The van der Waals surface area contributed by atoms with Gasteiger partial charge in [0.2, 0.25) is 0 Å². The van der Waals surface area contributed by atoms with E-state index in [9.17, 15) is 13.2 Å². The summed E-state index contributed by atoms with van der Waals surface area (Å²) in [6.45, 7) is 3.75. The second kappa shape index (κ2) is 8.52. The zero-order valence-electron chi connectivity index (χ0n) is 15.3. The van der Waals surface area contributed by atoms with Crippen molar-refractivity contribution in [3.63, 3.8) is 0 Å². The highest BCUT2D eigenvalue weighted by atomic mass is 35.5. The van der Waals surface area contributed by atoms with Crippen LogP contribution in [-0.2, 0) is 6.18 Å². The Morgan fingerprint density at radius 3 is 2.19 bits per heavy atom. The van der Waals surface area contributed by atoms with E-state index in [1.807, 2.05) is 27.9 Å². The summed E-state index contributed by atoms with van der Waals surface area (Å²) in [6, 6.07) is 9.65. The first-order valence-electron chi connectivity index (χ1n) is 8.10. The van der Waals surface area contributed by atoms with Gasteiger partial charge in [-0.25, -0.2) is 0 Å². The summed E-state index contributed by atoms with van der Waals surface area (Å²) < 4.78 is 49.4. The normalized spacial score (nSPS) is 13.3. The Labute approximate surface area is 161 Å². The fourth-order valence-corrected chi connectivity index (χ4v) is 2.38. The minimum atomic E-state index is -4.45. The first kappa shape index (κ1) is 20.9. The Balaban J connectivity index is 2.06. The van der Waals surface area contributed by atoms with Crippen molar-refractivity contribution in [1.82, 2.24) is 5.01 Å². The summed E-state index contributed by atoms with van der Waals surface area (Å²) in [6.07, 6.45) is -4.67. The highest BCUT2D eigenvalue weighted by molar-refractivity contribution is 6.32. The van der Waals surface area contributed by atoms with E-state index in [2.05, 4.69) is 5.10 Å². The van der Waals surface area contributed by atoms with Crippen LogP contribution in [0.2, 0.25) is 5.02 Å². The molecule has 0 aliphatic heterocycles. The Bertz CT molecular complexity index is 806. The topological polar surface area (TPSA) is 34.1 Å². The molecule has 1 unspecified atom stereocenters. The van der Waals surface area contributed by atoms with Crippen LogP contribution >= 0.6 is 11.6 Å². The fraction of sp³-hybridized carbons (Fsp3) is 0.316. The smallest absolute Gasteiger partial charge is 0.416 e. The second-order valence-corrected chi connectivity index (χ2v) is 6.47. The molecule has 0 saturated carbocycles. The van der Waals surface area contributed by atoms with Crippen molar-refractivity contribution >= 4 is 17.3 Å². The maximum atomic E-state index is 12.7. The molecule has 146 valence electrons. The van der Waals surface area contributed by atoms with Crippen LogP contribution in [0.1, 0.15) is 19.4 Å². The maximum absolute atomic E-state index is 12.7. The number of benzene rings is 2. The van der Waals surface area contributed by atoms with Crippen LogP contribution in [0.25, 0.3) is 0 Å². The quantitative estimate of drug-likeness (QED) is 0.450. The molecule has 0 N–H and O–H groups in total. The molecule has 0 heterocycles. The number of ether oxygens (including phenoxy) is 2. The van der Waals surface area contributed by atoms with Crippen LogP contribution in [0.15, 0.2) is 47.6 Å². The molecule has 0 spiro atoms. The van der Waals surface area contributed by atoms with E-state index in [4.69, 9.17) is 21.1 Å². The van der Waals surface area contributed by atoms with Crippen LogP contribution in [0.3, 0.4) is 0 Å². The molecule has 2 aromatic carbocycles. The molecule has 2 aromatic rings. The summed E-state index contributed by atoms with van der Waals surface area (Å²) in [4.78, 5) is 0. The third-order valence-electron chi connectivity index (χ3n) is 3.57. The summed E-state index contributed by atoms with van der Waals surface area (Å²) in [5.74, 6) is 1.18. The lowest BCUT2D eigenvalue weighted by Gasteiger charge is -2.16. The lowest BCUT2D eigenvalue weighted by Crippen LogP contribution is -2.23. The molecule has 0 aliphatic carbocycles. The van der Waals surface area contributed by atoms with E-state index >= 15 is 0 Å². The highest BCUT2D eigenvalue weighted by Crippen LogP contribution is 2.36. The summed E-state index contributed by atoms with van der Waals surface area (Å²) >= 11 is 5.89. The maximum Gasteiger partial charge on any atom is 0.416 e. The standard InChI is InChI=1S/C19H20ClF3N2O2/c1-12(24-25(3)4)13(2)26-15-6-8-16(9-7-15)27-18-10-5-14(11-17(18)20)19(21,22)23/h5-11,13H,1-4H3/b24-12+. The molecule has 1 atom stereocenters. The Kier molecular flexibility index (Phi) is 6.59. The zero-order chi connectivity index (χ0) is 20.2. The van der Waals surface area contributed by atoms with Gasteiger partial charge in [0.05, 0.1) is 16.3 Å². The van der Waals surface area contributed by atoms with Gasteiger partial charge in [0.1, 0.15) is 23.4 Å². The van der Waals surface area contributed by atoms with Crippen LogP contribution in [-0.4, -0.2) is 30.9 Å². The van der Waals surface area contributed by atoms with Gasteiger partial charge in [-0.15, -0.1) is 0 Å². The number of alkyl halides is 3. The molecule has 8 heteroatoms. The summed E-state index contributed by atoms with van der Waals surface area (Å²) in [5.41, 5.74) is -0.00999. The van der Waals surface area contributed by atoms with Gasteiger partial charge in [0, 0.05) is 14.1 Å². The second-order valence-electron chi connectivity index (χ2n) is 6.07. The lowest BCUT2D eigenvalue weighted by atomic mass is 10.2. The first-order valence-corrected chi connectivity index (χ1v) is 8.48. The molecule has 0 saturated heterocycles. The zero-order valence-corrected chi connectivity index (χ0v) is 16.1. The summed E-state index contributed by atoms with van der Waals surface area (Å²) in [5, 5.41) is 5.86. The molecule has 2 rings (SSSR count). The van der Waals surface area contributed by atoms with E-state index in [0.717, 1.165) is 17.8 Å². The number of nitrogens with zero attached hydrogens (tertiary/aromatic N) is 2.